The fraction of sp³-hybridized carbons (Fsp3) is 0.467. The fourth-order valence-corrected chi connectivity index (χ4v) is 2.29. The van der Waals surface area contributed by atoms with Gasteiger partial charge in [-0.3, -0.25) is 9.69 Å². The van der Waals surface area contributed by atoms with Crippen molar-refractivity contribution >= 4 is 11.9 Å². The number of nitrogens with one attached hydrogen (secondary N) is 1. The maximum absolute atomic E-state index is 12.0. The van der Waals surface area contributed by atoms with Crippen molar-refractivity contribution in [3.05, 3.63) is 35.9 Å². The number of carbonyl (C=O) groups is 2. The Morgan fingerprint density at radius 2 is 1.89 bits per heavy atom. The van der Waals surface area contributed by atoms with E-state index in [-0.39, 0.29) is 23.9 Å². The number of hydrogen-bond acceptors (Lipinski definition) is 2. The van der Waals surface area contributed by atoms with Gasteiger partial charge < -0.3 is 5.32 Å². The second-order valence-corrected chi connectivity index (χ2v) is 5.25. The highest BCUT2D eigenvalue weighted by Crippen LogP contribution is 2.14. The molecule has 3 amide bonds. The second kappa shape index (κ2) is 5.87. The standard InChI is InChI=1S/C15H20N2O2/c1-11(2)13-14(18)17(15(19)16-13)10-6-9-12-7-4-3-5-8-12/h3-5,7-8,11,13H,6,9-10H2,1-2H3,(H,16,19)/t13-/m0/s1. The van der Waals surface area contributed by atoms with Crippen LogP contribution in [-0.4, -0.2) is 29.4 Å². The lowest BCUT2D eigenvalue weighted by Crippen LogP contribution is -2.35. The van der Waals surface area contributed by atoms with E-state index in [0.29, 0.717) is 6.54 Å². The molecule has 0 spiro atoms. The summed E-state index contributed by atoms with van der Waals surface area (Å²) in [5.41, 5.74) is 1.23. The van der Waals surface area contributed by atoms with Crippen molar-refractivity contribution < 1.29 is 9.59 Å². The van der Waals surface area contributed by atoms with Crippen LogP contribution in [0.1, 0.15) is 25.8 Å². The molecule has 0 aliphatic carbocycles. The minimum atomic E-state index is -0.357. The highest BCUT2D eigenvalue weighted by molar-refractivity contribution is 6.04. The van der Waals surface area contributed by atoms with E-state index in [0.717, 1.165) is 12.8 Å². The van der Waals surface area contributed by atoms with Crippen LogP contribution < -0.4 is 5.32 Å². The van der Waals surface area contributed by atoms with E-state index in [1.54, 1.807) is 0 Å². The largest absolute Gasteiger partial charge is 0.326 e. The fourth-order valence-electron chi connectivity index (χ4n) is 2.29. The second-order valence-electron chi connectivity index (χ2n) is 5.25. The molecule has 1 aliphatic heterocycles. The van der Waals surface area contributed by atoms with Crippen LogP contribution in [0.25, 0.3) is 0 Å². The molecule has 102 valence electrons. The van der Waals surface area contributed by atoms with Crippen LogP contribution in [0.4, 0.5) is 4.79 Å². The SMILES string of the molecule is CC(C)[C@@H]1NC(=O)N(CCCc2ccccc2)C1=O. The summed E-state index contributed by atoms with van der Waals surface area (Å²) in [5.74, 6) is 0.0450. The third kappa shape index (κ3) is 3.13. The van der Waals surface area contributed by atoms with Gasteiger partial charge in [-0.1, -0.05) is 44.2 Å². The number of urea groups is 1. The molecule has 2 rings (SSSR count). The maximum Gasteiger partial charge on any atom is 0.324 e. The molecule has 1 heterocycles. The summed E-state index contributed by atoms with van der Waals surface area (Å²) in [6.07, 6.45) is 1.68. The van der Waals surface area contributed by atoms with Crippen LogP contribution in [0.2, 0.25) is 0 Å². The highest BCUT2D eigenvalue weighted by atomic mass is 16.2. The van der Waals surface area contributed by atoms with Gasteiger partial charge in [0.15, 0.2) is 0 Å². The van der Waals surface area contributed by atoms with Gasteiger partial charge in [0, 0.05) is 6.54 Å². The van der Waals surface area contributed by atoms with Crippen LogP contribution >= 0.6 is 0 Å². The van der Waals surface area contributed by atoms with Crippen molar-refractivity contribution in [1.29, 1.82) is 0 Å². The molecule has 1 aliphatic rings. The van der Waals surface area contributed by atoms with E-state index < -0.39 is 0 Å². The molecular formula is C15H20N2O2. The zero-order valence-electron chi connectivity index (χ0n) is 11.4. The van der Waals surface area contributed by atoms with Gasteiger partial charge >= 0.3 is 6.03 Å². The summed E-state index contributed by atoms with van der Waals surface area (Å²) in [5, 5.41) is 2.74. The van der Waals surface area contributed by atoms with E-state index in [1.165, 1.54) is 10.5 Å². The predicted molar refractivity (Wildman–Crippen MR) is 73.6 cm³/mol. The van der Waals surface area contributed by atoms with E-state index in [1.807, 2.05) is 32.0 Å². The van der Waals surface area contributed by atoms with Crippen molar-refractivity contribution in [2.45, 2.75) is 32.7 Å². The van der Waals surface area contributed by atoms with Gasteiger partial charge in [0.05, 0.1) is 0 Å². The molecule has 1 aromatic carbocycles. The number of amides is 3. The predicted octanol–water partition coefficient (Wildman–Crippen LogP) is 2.20. The number of carbonyl (C=O) groups excluding carboxylic acids is 2. The molecule has 1 saturated heterocycles. The lowest BCUT2D eigenvalue weighted by Gasteiger charge is -2.14. The maximum atomic E-state index is 12.0. The van der Waals surface area contributed by atoms with Crippen molar-refractivity contribution in [3.63, 3.8) is 0 Å². The summed E-state index contributed by atoms with van der Waals surface area (Å²) >= 11 is 0. The Kier molecular flexibility index (Phi) is 4.20. The average Bonchev–Trinajstić information content (AvgIpc) is 2.68. The summed E-state index contributed by atoms with van der Waals surface area (Å²) in [6.45, 7) is 4.37. The normalized spacial score (nSPS) is 19.1. The van der Waals surface area contributed by atoms with Gasteiger partial charge in [-0.2, -0.15) is 0 Å². The Hall–Kier alpha value is -1.84. The molecular weight excluding hydrogens is 240 g/mol. The molecule has 0 saturated carbocycles. The van der Waals surface area contributed by atoms with Gasteiger partial charge in [0.1, 0.15) is 6.04 Å². The molecule has 4 nitrogen and oxygen atoms in total. The highest BCUT2D eigenvalue weighted by Gasteiger charge is 2.38. The smallest absolute Gasteiger partial charge is 0.324 e. The van der Waals surface area contributed by atoms with Crippen molar-refractivity contribution in [2.24, 2.45) is 5.92 Å². The van der Waals surface area contributed by atoms with Crippen LogP contribution in [0.15, 0.2) is 30.3 Å². The zero-order valence-corrected chi connectivity index (χ0v) is 11.4. The lowest BCUT2D eigenvalue weighted by atomic mass is 10.0. The van der Waals surface area contributed by atoms with Gasteiger partial charge in [-0.05, 0) is 24.3 Å². The van der Waals surface area contributed by atoms with E-state index in [9.17, 15) is 9.59 Å². The molecule has 19 heavy (non-hydrogen) atoms. The Labute approximate surface area is 113 Å². The number of nitrogens with zero attached hydrogens (tertiary/aromatic N) is 1. The minimum absolute atomic E-state index is 0.0898. The van der Waals surface area contributed by atoms with Crippen molar-refractivity contribution in [3.8, 4) is 0 Å². The van der Waals surface area contributed by atoms with Crippen LogP contribution in [-0.2, 0) is 11.2 Å². The lowest BCUT2D eigenvalue weighted by molar-refractivity contribution is -0.128. The third-order valence-electron chi connectivity index (χ3n) is 3.41. The first-order valence-electron chi connectivity index (χ1n) is 6.75. The zero-order chi connectivity index (χ0) is 13.8. The Bertz CT molecular complexity index is 456. The van der Waals surface area contributed by atoms with Gasteiger partial charge in [0.2, 0.25) is 0 Å². The Balaban J connectivity index is 1.86. The molecule has 0 radical (unpaired) electrons. The summed E-state index contributed by atoms with van der Waals surface area (Å²) in [6, 6.07) is 9.48. The first-order valence-corrected chi connectivity index (χ1v) is 6.75. The van der Waals surface area contributed by atoms with Crippen LogP contribution in [0, 0.1) is 5.92 Å². The van der Waals surface area contributed by atoms with E-state index >= 15 is 0 Å². The minimum Gasteiger partial charge on any atom is -0.326 e. The number of rotatable bonds is 5. The number of aryl methyl sites for hydroxylation is 1. The Morgan fingerprint density at radius 1 is 1.21 bits per heavy atom. The first-order chi connectivity index (χ1) is 9.09. The molecule has 1 fully saturated rings. The third-order valence-corrected chi connectivity index (χ3v) is 3.41. The quantitative estimate of drug-likeness (QED) is 0.825. The average molecular weight is 260 g/mol. The summed E-state index contributed by atoms with van der Waals surface area (Å²) in [7, 11) is 0. The number of hydrogen-bond donors (Lipinski definition) is 1. The molecule has 0 bridgehead atoms. The van der Waals surface area contributed by atoms with Gasteiger partial charge in [0.25, 0.3) is 5.91 Å². The van der Waals surface area contributed by atoms with Crippen molar-refractivity contribution in [1.82, 2.24) is 10.2 Å². The summed E-state index contributed by atoms with van der Waals surface area (Å²) < 4.78 is 0. The number of imide groups is 1. The molecule has 0 unspecified atom stereocenters. The van der Waals surface area contributed by atoms with Crippen LogP contribution in [0.3, 0.4) is 0 Å². The van der Waals surface area contributed by atoms with Gasteiger partial charge in [-0.25, -0.2) is 4.79 Å². The molecule has 4 heteroatoms. The molecule has 1 N–H and O–H groups in total. The van der Waals surface area contributed by atoms with E-state index in [4.69, 9.17) is 0 Å². The van der Waals surface area contributed by atoms with E-state index in [2.05, 4.69) is 17.4 Å². The molecule has 1 atom stereocenters. The summed E-state index contributed by atoms with van der Waals surface area (Å²) in [4.78, 5) is 25.1. The monoisotopic (exact) mass is 260 g/mol. The number of benzene rings is 1. The first kappa shape index (κ1) is 13.6. The topological polar surface area (TPSA) is 49.4 Å². The van der Waals surface area contributed by atoms with Gasteiger partial charge in [-0.15, -0.1) is 0 Å². The van der Waals surface area contributed by atoms with Crippen molar-refractivity contribution in [2.75, 3.05) is 6.54 Å². The van der Waals surface area contributed by atoms with Crippen LogP contribution in [0.5, 0.6) is 0 Å². The Morgan fingerprint density at radius 3 is 2.47 bits per heavy atom. The molecule has 0 aromatic heterocycles. The molecule has 1 aromatic rings.